The summed E-state index contributed by atoms with van der Waals surface area (Å²) in [4.78, 5) is 10.5. The van der Waals surface area contributed by atoms with Crippen molar-refractivity contribution in [2.75, 3.05) is 13.2 Å². The van der Waals surface area contributed by atoms with Crippen LogP contribution >= 0.6 is 0 Å². The van der Waals surface area contributed by atoms with Gasteiger partial charge in [-0.2, -0.15) is 0 Å². The molecule has 0 amide bonds. The summed E-state index contributed by atoms with van der Waals surface area (Å²) in [6.45, 7) is 2.28. The molecule has 0 unspecified atom stereocenters. The zero-order valence-electron chi connectivity index (χ0n) is 11.7. The van der Waals surface area contributed by atoms with Crippen molar-refractivity contribution in [3.8, 4) is 0 Å². The van der Waals surface area contributed by atoms with E-state index in [1.54, 1.807) is 0 Å². The van der Waals surface area contributed by atoms with Crippen LogP contribution in [0.25, 0.3) is 0 Å². The van der Waals surface area contributed by atoms with Gasteiger partial charge >= 0.3 is 5.97 Å². The predicted octanol–water partition coefficient (Wildman–Crippen LogP) is 3.61. The number of hydrogen-bond acceptors (Lipinski definition) is 3. The number of aliphatic hydroxyl groups excluding tert-OH is 1. The fraction of sp³-hybridized carbons (Fsp3) is 0.800. The van der Waals surface area contributed by atoms with Crippen LogP contribution in [0.2, 0.25) is 0 Å². The van der Waals surface area contributed by atoms with Gasteiger partial charge in [-0.05, 0) is 25.7 Å². The number of ether oxygens (including phenoxy) is 1. The highest BCUT2D eigenvalue weighted by Gasteiger charge is 1.94. The number of unbranched alkanes of at least 4 members (excludes halogenated alkanes) is 7. The highest BCUT2D eigenvalue weighted by molar-refractivity contribution is 5.65. The standard InChI is InChI=1S/C15H28O3/c1-15(17)18-14-12-10-8-6-4-2-3-5-7-9-11-13-16/h7,9,16H,2-6,8,10-14H2,1H3/b9-7-. The Hall–Kier alpha value is -0.830. The lowest BCUT2D eigenvalue weighted by Gasteiger charge is -2.02. The van der Waals surface area contributed by atoms with Gasteiger partial charge in [0.15, 0.2) is 0 Å². The third kappa shape index (κ3) is 15.2. The van der Waals surface area contributed by atoms with E-state index in [0.717, 1.165) is 25.7 Å². The van der Waals surface area contributed by atoms with Crippen molar-refractivity contribution in [2.24, 2.45) is 0 Å². The Labute approximate surface area is 111 Å². The molecular formula is C15H28O3. The van der Waals surface area contributed by atoms with Crippen LogP contribution in [0.4, 0.5) is 0 Å². The lowest BCUT2D eigenvalue weighted by Crippen LogP contribution is -1.99. The molecule has 0 saturated carbocycles. The van der Waals surface area contributed by atoms with Crippen molar-refractivity contribution >= 4 is 5.97 Å². The van der Waals surface area contributed by atoms with Gasteiger partial charge in [-0.15, -0.1) is 0 Å². The van der Waals surface area contributed by atoms with E-state index < -0.39 is 0 Å². The smallest absolute Gasteiger partial charge is 0.302 e. The zero-order valence-corrected chi connectivity index (χ0v) is 11.7. The molecule has 0 aliphatic rings. The summed E-state index contributed by atoms with van der Waals surface area (Å²) in [7, 11) is 0. The molecule has 0 aromatic rings. The molecule has 0 bridgehead atoms. The maximum Gasteiger partial charge on any atom is 0.302 e. The Morgan fingerprint density at radius 1 is 0.944 bits per heavy atom. The Balaban J connectivity index is 3.01. The van der Waals surface area contributed by atoms with Crippen LogP contribution in [-0.4, -0.2) is 24.3 Å². The van der Waals surface area contributed by atoms with Gasteiger partial charge in [-0.3, -0.25) is 4.79 Å². The van der Waals surface area contributed by atoms with E-state index in [1.807, 2.05) is 0 Å². The van der Waals surface area contributed by atoms with E-state index in [2.05, 4.69) is 12.2 Å². The largest absolute Gasteiger partial charge is 0.466 e. The molecule has 0 aromatic carbocycles. The second-order valence-electron chi connectivity index (χ2n) is 4.59. The number of rotatable bonds is 12. The maximum absolute atomic E-state index is 10.5. The minimum atomic E-state index is -0.177. The minimum Gasteiger partial charge on any atom is -0.466 e. The Bertz CT molecular complexity index is 212. The van der Waals surface area contributed by atoms with Gasteiger partial charge in [0.1, 0.15) is 0 Å². The molecule has 18 heavy (non-hydrogen) atoms. The van der Waals surface area contributed by atoms with Crippen LogP contribution in [0, 0.1) is 0 Å². The van der Waals surface area contributed by atoms with Crippen LogP contribution in [0.15, 0.2) is 12.2 Å². The molecule has 3 nitrogen and oxygen atoms in total. The molecule has 0 saturated heterocycles. The van der Waals surface area contributed by atoms with Crippen molar-refractivity contribution in [3.63, 3.8) is 0 Å². The Morgan fingerprint density at radius 3 is 2.11 bits per heavy atom. The zero-order chi connectivity index (χ0) is 13.5. The van der Waals surface area contributed by atoms with Crippen LogP contribution in [-0.2, 0) is 9.53 Å². The maximum atomic E-state index is 10.5. The lowest BCUT2D eigenvalue weighted by atomic mass is 10.1. The first-order valence-corrected chi connectivity index (χ1v) is 7.16. The predicted molar refractivity (Wildman–Crippen MR) is 74.4 cm³/mol. The molecule has 0 aliphatic carbocycles. The third-order valence-electron chi connectivity index (χ3n) is 2.78. The van der Waals surface area contributed by atoms with Crippen LogP contribution in [0.5, 0.6) is 0 Å². The molecule has 0 atom stereocenters. The molecule has 3 heteroatoms. The highest BCUT2D eigenvalue weighted by Crippen LogP contribution is 2.09. The number of hydrogen-bond donors (Lipinski definition) is 1. The van der Waals surface area contributed by atoms with Gasteiger partial charge in [0, 0.05) is 13.5 Å². The summed E-state index contributed by atoms with van der Waals surface area (Å²) in [5.41, 5.74) is 0. The quantitative estimate of drug-likeness (QED) is 0.329. The van der Waals surface area contributed by atoms with Gasteiger partial charge in [-0.1, -0.05) is 44.3 Å². The molecule has 1 N–H and O–H groups in total. The second kappa shape index (κ2) is 14.2. The first-order valence-electron chi connectivity index (χ1n) is 7.16. The van der Waals surface area contributed by atoms with E-state index in [-0.39, 0.29) is 12.6 Å². The molecule has 0 heterocycles. The number of carbonyl (C=O) groups is 1. The Morgan fingerprint density at radius 2 is 1.50 bits per heavy atom. The SMILES string of the molecule is CC(=O)OCCCCCCCCC/C=C\CCO. The fourth-order valence-electron chi connectivity index (χ4n) is 1.77. The third-order valence-corrected chi connectivity index (χ3v) is 2.78. The van der Waals surface area contributed by atoms with Crippen LogP contribution in [0.1, 0.15) is 64.7 Å². The molecule has 0 fully saturated rings. The van der Waals surface area contributed by atoms with E-state index in [1.165, 1.54) is 39.0 Å². The van der Waals surface area contributed by atoms with Gasteiger partial charge < -0.3 is 9.84 Å². The number of esters is 1. The van der Waals surface area contributed by atoms with Crippen LogP contribution in [0.3, 0.4) is 0 Å². The van der Waals surface area contributed by atoms with Crippen molar-refractivity contribution in [1.82, 2.24) is 0 Å². The molecule has 0 aromatic heterocycles. The normalized spacial score (nSPS) is 11.0. The summed E-state index contributed by atoms with van der Waals surface area (Å²) >= 11 is 0. The molecular weight excluding hydrogens is 228 g/mol. The van der Waals surface area contributed by atoms with Gasteiger partial charge in [0.05, 0.1) is 6.61 Å². The molecule has 0 rings (SSSR count). The van der Waals surface area contributed by atoms with Crippen LogP contribution < -0.4 is 0 Å². The Kier molecular flexibility index (Phi) is 13.6. The first kappa shape index (κ1) is 17.2. The average molecular weight is 256 g/mol. The average Bonchev–Trinajstić information content (AvgIpc) is 2.34. The van der Waals surface area contributed by atoms with Gasteiger partial charge in [0.2, 0.25) is 0 Å². The summed E-state index contributed by atoms with van der Waals surface area (Å²) in [5.74, 6) is -0.177. The summed E-state index contributed by atoms with van der Waals surface area (Å²) in [6.07, 6.45) is 14.6. The van der Waals surface area contributed by atoms with Gasteiger partial charge in [-0.25, -0.2) is 0 Å². The van der Waals surface area contributed by atoms with Crippen molar-refractivity contribution in [1.29, 1.82) is 0 Å². The fourth-order valence-corrected chi connectivity index (χ4v) is 1.77. The monoisotopic (exact) mass is 256 g/mol. The van der Waals surface area contributed by atoms with E-state index in [9.17, 15) is 4.79 Å². The van der Waals surface area contributed by atoms with E-state index in [0.29, 0.717) is 6.61 Å². The van der Waals surface area contributed by atoms with Crippen molar-refractivity contribution in [2.45, 2.75) is 64.7 Å². The van der Waals surface area contributed by atoms with Gasteiger partial charge in [0.25, 0.3) is 0 Å². The molecule has 0 spiro atoms. The first-order chi connectivity index (χ1) is 8.77. The van der Waals surface area contributed by atoms with E-state index >= 15 is 0 Å². The highest BCUT2D eigenvalue weighted by atomic mass is 16.5. The lowest BCUT2D eigenvalue weighted by molar-refractivity contribution is -0.141. The topological polar surface area (TPSA) is 46.5 Å². The summed E-state index contributed by atoms with van der Waals surface area (Å²) in [5, 5.41) is 8.58. The second-order valence-corrected chi connectivity index (χ2v) is 4.59. The van der Waals surface area contributed by atoms with E-state index in [4.69, 9.17) is 9.84 Å². The number of aliphatic hydroxyl groups is 1. The summed E-state index contributed by atoms with van der Waals surface area (Å²) in [6, 6.07) is 0. The summed E-state index contributed by atoms with van der Waals surface area (Å²) < 4.78 is 4.87. The molecule has 0 aliphatic heterocycles. The number of allylic oxidation sites excluding steroid dienone is 1. The van der Waals surface area contributed by atoms with Crippen molar-refractivity contribution in [3.05, 3.63) is 12.2 Å². The van der Waals surface area contributed by atoms with Crippen molar-refractivity contribution < 1.29 is 14.6 Å². The molecule has 0 radical (unpaired) electrons. The number of carbonyl (C=O) groups excluding carboxylic acids is 1. The minimum absolute atomic E-state index is 0.177. The molecule has 106 valence electrons.